The van der Waals surface area contributed by atoms with Crippen LogP contribution in [-0.2, 0) is 11.3 Å². The van der Waals surface area contributed by atoms with Gasteiger partial charge in [0.05, 0.1) is 6.42 Å². The van der Waals surface area contributed by atoms with E-state index < -0.39 is 23.4 Å². The Morgan fingerprint density at radius 1 is 1.32 bits per heavy atom. The van der Waals surface area contributed by atoms with E-state index in [9.17, 15) is 18.0 Å². The maximum Gasteiger partial charge on any atom is 0.304 e. The van der Waals surface area contributed by atoms with E-state index >= 15 is 0 Å². The molecule has 106 valence electrons. The maximum atomic E-state index is 13.1. The van der Waals surface area contributed by atoms with Gasteiger partial charge in [-0.15, -0.1) is 0 Å². The van der Waals surface area contributed by atoms with E-state index in [4.69, 9.17) is 5.11 Å². The largest absolute Gasteiger partial charge is 0.481 e. The van der Waals surface area contributed by atoms with E-state index in [1.807, 2.05) is 6.92 Å². The molecular weight excluding hydrogens is 259 g/mol. The Morgan fingerprint density at radius 2 is 1.84 bits per heavy atom. The Hall–Kier alpha value is -1.56. The summed E-state index contributed by atoms with van der Waals surface area (Å²) in [5.74, 6) is -4.92. The van der Waals surface area contributed by atoms with E-state index in [0.717, 1.165) is 12.1 Å². The lowest BCUT2D eigenvalue weighted by Gasteiger charge is -2.26. The molecule has 0 aliphatic heterocycles. The zero-order chi connectivity index (χ0) is 14.6. The van der Waals surface area contributed by atoms with Crippen molar-refractivity contribution in [2.24, 2.45) is 0 Å². The standard InChI is InChI=1S/C13H16F3NO2/c1-3-17(8(2)4-12(18)19)7-9-5-10(14)13(16)11(15)6-9/h5-6,8H,3-4,7H2,1-2H3,(H,18,19). The number of hydrogen-bond donors (Lipinski definition) is 1. The molecule has 1 unspecified atom stereocenters. The zero-order valence-electron chi connectivity index (χ0n) is 10.8. The summed E-state index contributed by atoms with van der Waals surface area (Å²) in [6, 6.07) is 1.57. The quantitative estimate of drug-likeness (QED) is 0.812. The van der Waals surface area contributed by atoms with Crippen LogP contribution < -0.4 is 0 Å². The number of carboxylic acid groups (broad SMARTS) is 1. The fraction of sp³-hybridized carbons (Fsp3) is 0.462. The van der Waals surface area contributed by atoms with E-state index in [0.29, 0.717) is 6.54 Å². The minimum Gasteiger partial charge on any atom is -0.481 e. The van der Waals surface area contributed by atoms with Crippen molar-refractivity contribution < 1.29 is 23.1 Å². The number of nitrogens with zero attached hydrogens (tertiary/aromatic N) is 1. The molecule has 0 spiro atoms. The average Bonchev–Trinajstić information content (AvgIpc) is 2.31. The molecule has 0 bridgehead atoms. The first-order chi connectivity index (χ1) is 8.85. The molecule has 1 N–H and O–H groups in total. The molecule has 3 nitrogen and oxygen atoms in total. The van der Waals surface area contributed by atoms with Crippen molar-refractivity contribution in [3.8, 4) is 0 Å². The van der Waals surface area contributed by atoms with Gasteiger partial charge in [0.15, 0.2) is 17.5 Å². The minimum absolute atomic E-state index is 0.0694. The van der Waals surface area contributed by atoms with E-state index in [2.05, 4.69) is 0 Å². The molecular formula is C13H16F3NO2. The second-order valence-corrected chi connectivity index (χ2v) is 4.38. The molecule has 0 heterocycles. The lowest BCUT2D eigenvalue weighted by Crippen LogP contribution is -2.34. The van der Waals surface area contributed by atoms with Crippen molar-refractivity contribution in [3.05, 3.63) is 35.1 Å². The van der Waals surface area contributed by atoms with Gasteiger partial charge in [0.2, 0.25) is 0 Å². The summed E-state index contributed by atoms with van der Waals surface area (Å²) in [4.78, 5) is 12.4. The van der Waals surface area contributed by atoms with Crippen molar-refractivity contribution in [1.29, 1.82) is 0 Å². The molecule has 19 heavy (non-hydrogen) atoms. The van der Waals surface area contributed by atoms with Crippen molar-refractivity contribution >= 4 is 5.97 Å². The summed E-state index contributed by atoms with van der Waals surface area (Å²) in [5, 5.41) is 8.72. The molecule has 0 radical (unpaired) electrons. The van der Waals surface area contributed by atoms with Gasteiger partial charge in [-0.3, -0.25) is 9.69 Å². The molecule has 0 amide bonds. The monoisotopic (exact) mass is 275 g/mol. The summed E-state index contributed by atoms with van der Waals surface area (Å²) in [7, 11) is 0. The van der Waals surface area contributed by atoms with Gasteiger partial charge in [-0.25, -0.2) is 13.2 Å². The maximum absolute atomic E-state index is 13.1. The smallest absolute Gasteiger partial charge is 0.304 e. The number of rotatable bonds is 6. The molecule has 6 heteroatoms. The van der Waals surface area contributed by atoms with Crippen LogP contribution in [0.4, 0.5) is 13.2 Å². The van der Waals surface area contributed by atoms with Crippen LogP contribution in [0, 0.1) is 17.5 Å². The van der Waals surface area contributed by atoms with Gasteiger partial charge in [-0.05, 0) is 31.2 Å². The number of hydrogen-bond acceptors (Lipinski definition) is 2. The third-order valence-corrected chi connectivity index (χ3v) is 2.93. The fourth-order valence-corrected chi connectivity index (χ4v) is 1.89. The number of halogens is 3. The van der Waals surface area contributed by atoms with Crippen molar-refractivity contribution in [2.75, 3.05) is 6.54 Å². The molecule has 0 fully saturated rings. The highest BCUT2D eigenvalue weighted by molar-refractivity contribution is 5.67. The van der Waals surface area contributed by atoms with Crippen LogP contribution in [0.15, 0.2) is 12.1 Å². The van der Waals surface area contributed by atoms with Crippen LogP contribution in [0.5, 0.6) is 0 Å². The van der Waals surface area contributed by atoms with Crippen molar-refractivity contribution in [2.45, 2.75) is 32.9 Å². The third kappa shape index (κ3) is 4.24. The second kappa shape index (κ2) is 6.56. The molecule has 1 rings (SSSR count). The highest BCUT2D eigenvalue weighted by Crippen LogP contribution is 2.16. The Balaban J connectivity index is 2.84. The summed E-state index contributed by atoms with van der Waals surface area (Å²) >= 11 is 0. The summed E-state index contributed by atoms with van der Waals surface area (Å²) in [6.45, 7) is 4.22. The van der Waals surface area contributed by atoms with Gasteiger partial charge in [0.25, 0.3) is 0 Å². The van der Waals surface area contributed by atoms with Gasteiger partial charge in [0.1, 0.15) is 0 Å². The highest BCUT2D eigenvalue weighted by Gasteiger charge is 2.17. The number of carbonyl (C=O) groups is 1. The fourth-order valence-electron chi connectivity index (χ4n) is 1.89. The number of benzene rings is 1. The van der Waals surface area contributed by atoms with Gasteiger partial charge in [0, 0.05) is 12.6 Å². The lowest BCUT2D eigenvalue weighted by atomic mass is 10.1. The second-order valence-electron chi connectivity index (χ2n) is 4.38. The van der Waals surface area contributed by atoms with E-state index in [1.165, 1.54) is 0 Å². The van der Waals surface area contributed by atoms with Crippen molar-refractivity contribution in [3.63, 3.8) is 0 Å². The van der Waals surface area contributed by atoms with Crippen LogP contribution in [0.3, 0.4) is 0 Å². The summed E-state index contributed by atoms with van der Waals surface area (Å²) in [6.07, 6.45) is -0.0694. The first-order valence-corrected chi connectivity index (χ1v) is 5.94. The average molecular weight is 275 g/mol. The first-order valence-electron chi connectivity index (χ1n) is 5.94. The highest BCUT2D eigenvalue weighted by atomic mass is 19.2. The normalized spacial score (nSPS) is 12.7. The predicted octanol–water partition coefficient (Wildman–Crippen LogP) is 2.79. The zero-order valence-corrected chi connectivity index (χ0v) is 10.8. The molecule has 0 saturated heterocycles. The van der Waals surface area contributed by atoms with Gasteiger partial charge >= 0.3 is 5.97 Å². The van der Waals surface area contributed by atoms with Gasteiger partial charge in [-0.2, -0.15) is 0 Å². The van der Waals surface area contributed by atoms with Crippen LogP contribution in [-0.4, -0.2) is 28.6 Å². The molecule has 1 atom stereocenters. The molecule has 0 saturated carbocycles. The lowest BCUT2D eigenvalue weighted by molar-refractivity contribution is -0.138. The Morgan fingerprint density at radius 3 is 2.26 bits per heavy atom. The van der Waals surface area contributed by atoms with Crippen LogP contribution in [0.25, 0.3) is 0 Å². The Bertz CT molecular complexity index is 442. The van der Waals surface area contributed by atoms with E-state index in [1.54, 1.807) is 11.8 Å². The van der Waals surface area contributed by atoms with Crippen LogP contribution in [0.2, 0.25) is 0 Å². The molecule has 0 aromatic heterocycles. The minimum atomic E-state index is -1.50. The van der Waals surface area contributed by atoms with Gasteiger partial charge in [-0.1, -0.05) is 6.92 Å². The molecule has 0 aliphatic carbocycles. The Labute approximate surface area is 109 Å². The number of aliphatic carboxylic acids is 1. The summed E-state index contributed by atoms with van der Waals surface area (Å²) < 4.78 is 39.0. The number of carboxylic acids is 1. The SMILES string of the molecule is CCN(Cc1cc(F)c(F)c(F)c1)C(C)CC(=O)O. The Kier molecular flexibility index (Phi) is 5.35. The third-order valence-electron chi connectivity index (χ3n) is 2.93. The topological polar surface area (TPSA) is 40.5 Å². The predicted molar refractivity (Wildman–Crippen MR) is 64.1 cm³/mol. The molecule has 0 aliphatic rings. The van der Waals surface area contributed by atoms with Gasteiger partial charge < -0.3 is 5.11 Å². The van der Waals surface area contributed by atoms with Crippen LogP contribution >= 0.6 is 0 Å². The van der Waals surface area contributed by atoms with E-state index in [-0.39, 0.29) is 24.6 Å². The van der Waals surface area contributed by atoms with Crippen LogP contribution in [0.1, 0.15) is 25.8 Å². The first kappa shape index (κ1) is 15.5. The molecule has 1 aromatic rings. The van der Waals surface area contributed by atoms with Crippen molar-refractivity contribution in [1.82, 2.24) is 4.90 Å². The summed E-state index contributed by atoms with van der Waals surface area (Å²) in [5.41, 5.74) is 0.274. The molecule has 1 aromatic carbocycles.